The molecule has 3 nitrogen and oxygen atoms in total. The quantitative estimate of drug-likeness (QED) is 0.790. The van der Waals surface area contributed by atoms with Gasteiger partial charge < -0.3 is 15.4 Å². The molecule has 2 heterocycles. The van der Waals surface area contributed by atoms with Crippen LogP contribution in [0.4, 0.5) is 5.69 Å². The number of nitrogens with one attached hydrogen (secondary N) is 2. The van der Waals surface area contributed by atoms with Gasteiger partial charge in [-0.05, 0) is 36.6 Å². The third-order valence-electron chi connectivity index (χ3n) is 3.44. The van der Waals surface area contributed by atoms with Crippen molar-refractivity contribution in [3.8, 4) is 0 Å². The highest BCUT2D eigenvalue weighted by Gasteiger charge is 2.18. The number of anilines is 1. The van der Waals surface area contributed by atoms with Crippen LogP contribution in [-0.4, -0.2) is 25.8 Å². The van der Waals surface area contributed by atoms with E-state index in [1.165, 1.54) is 16.8 Å². The molecule has 2 aliphatic heterocycles. The number of benzene rings is 1. The van der Waals surface area contributed by atoms with Crippen molar-refractivity contribution in [3.05, 3.63) is 29.3 Å². The summed E-state index contributed by atoms with van der Waals surface area (Å²) < 4.78 is 5.40. The van der Waals surface area contributed by atoms with Crippen LogP contribution in [-0.2, 0) is 17.7 Å². The second-order valence-electron chi connectivity index (χ2n) is 4.57. The first kappa shape index (κ1) is 10.1. The predicted molar refractivity (Wildman–Crippen MR) is 64.7 cm³/mol. The van der Waals surface area contributed by atoms with Crippen LogP contribution in [0.3, 0.4) is 0 Å². The van der Waals surface area contributed by atoms with Crippen molar-refractivity contribution >= 4 is 5.69 Å². The van der Waals surface area contributed by atoms with E-state index in [-0.39, 0.29) is 0 Å². The molecule has 2 aliphatic rings. The van der Waals surface area contributed by atoms with E-state index in [1.807, 2.05) is 0 Å². The first-order valence-electron chi connectivity index (χ1n) is 6.09. The summed E-state index contributed by atoms with van der Waals surface area (Å²) in [6.45, 7) is 3.83. The summed E-state index contributed by atoms with van der Waals surface area (Å²) >= 11 is 0. The molecule has 3 rings (SSSR count). The van der Waals surface area contributed by atoms with E-state index in [0.29, 0.717) is 6.04 Å². The second kappa shape index (κ2) is 4.44. The fourth-order valence-electron chi connectivity index (χ4n) is 2.52. The lowest BCUT2D eigenvalue weighted by molar-refractivity contribution is 0.195. The van der Waals surface area contributed by atoms with Gasteiger partial charge in [0, 0.05) is 18.8 Å². The van der Waals surface area contributed by atoms with Gasteiger partial charge in [-0.1, -0.05) is 12.1 Å². The molecule has 0 amide bonds. The zero-order valence-corrected chi connectivity index (χ0v) is 9.46. The Morgan fingerprint density at radius 3 is 3.25 bits per heavy atom. The van der Waals surface area contributed by atoms with E-state index in [1.54, 1.807) is 0 Å². The highest BCUT2D eigenvalue weighted by molar-refractivity contribution is 5.56. The van der Waals surface area contributed by atoms with E-state index < -0.39 is 0 Å². The molecule has 86 valence electrons. The molecule has 1 aromatic rings. The first-order valence-corrected chi connectivity index (χ1v) is 6.09. The summed E-state index contributed by atoms with van der Waals surface area (Å²) in [6.07, 6.45) is 2.27. The third kappa shape index (κ3) is 1.93. The van der Waals surface area contributed by atoms with Gasteiger partial charge in [0.2, 0.25) is 0 Å². The molecule has 0 saturated carbocycles. The maximum atomic E-state index is 5.40. The molecule has 1 atom stereocenters. The molecular formula is C13H18N2O. The van der Waals surface area contributed by atoms with Crippen molar-refractivity contribution in [2.75, 3.05) is 25.1 Å². The molecule has 16 heavy (non-hydrogen) atoms. The Kier molecular flexibility index (Phi) is 2.80. The van der Waals surface area contributed by atoms with Crippen LogP contribution in [0.5, 0.6) is 0 Å². The van der Waals surface area contributed by atoms with Crippen molar-refractivity contribution in [2.45, 2.75) is 25.4 Å². The van der Waals surface area contributed by atoms with Crippen molar-refractivity contribution in [1.29, 1.82) is 0 Å². The Morgan fingerprint density at radius 1 is 1.38 bits per heavy atom. The average Bonchev–Trinajstić information content (AvgIpc) is 2.82. The molecule has 0 spiro atoms. The van der Waals surface area contributed by atoms with Crippen LogP contribution in [0.15, 0.2) is 18.2 Å². The fourth-order valence-corrected chi connectivity index (χ4v) is 2.52. The van der Waals surface area contributed by atoms with Crippen molar-refractivity contribution in [2.24, 2.45) is 0 Å². The van der Waals surface area contributed by atoms with E-state index in [2.05, 4.69) is 28.8 Å². The summed E-state index contributed by atoms with van der Waals surface area (Å²) in [5, 5.41) is 7.04. The average molecular weight is 218 g/mol. The maximum absolute atomic E-state index is 5.40. The van der Waals surface area contributed by atoms with Gasteiger partial charge in [0.1, 0.15) is 0 Å². The Balaban J connectivity index is 1.82. The number of hydrogen-bond acceptors (Lipinski definition) is 3. The smallest absolute Gasteiger partial charge is 0.0668 e. The number of hydrogen-bond donors (Lipinski definition) is 2. The van der Waals surface area contributed by atoms with Crippen LogP contribution in [0.25, 0.3) is 0 Å². The molecule has 1 fully saturated rings. The van der Waals surface area contributed by atoms with Crippen LogP contribution in [0, 0.1) is 0 Å². The Labute approximate surface area is 96.2 Å². The standard InChI is InChI=1S/C13H18N2O/c1-2-10-4-6-14-8-12(10)13(3-1)15-11-5-7-16-9-11/h1-3,11,14-15H,4-9H2/t11-/m1/s1. The largest absolute Gasteiger partial charge is 0.380 e. The number of fused-ring (bicyclic) bond motifs is 1. The third-order valence-corrected chi connectivity index (χ3v) is 3.44. The Morgan fingerprint density at radius 2 is 2.38 bits per heavy atom. The SMILES string of the molecule is c1cc2c(c(N[C@@H]3CCOC3)c1)CNCC2. The molecular weight excluding hydrogens is 200 g/mol. The topological polar surface area (TPSA) is 33.3 Å². The molecule has 0 aliphatic carbocycles. The van der Waals surface area contributed by atoms with E-state index in [4.69, 9.17) is 4.74 Å². The van der Waals surface area contributed by atoms with Crippen molar-refractivity contribution < 1.29 is 4.74 Å². The summed E-state index contributed by atoms with van der Waals surface area (Å²) in [5.41, 5.74) is 4.23. The fraction of sp³-hybridized carbons (Fsp3) is 0.538. The minimum Gasteiger partial charge on any atom is -0.380 e. The lowest BCUT2D eigenvalue weighted by Crippen LogP contribution is -2.26. The van der Waals surface area contributed by atoms with Gasteiger partial charge in [-0.15, -0.1) is 0 Å². The van der Waals surface area contributed by atoms with Crippen LogP contribution in [0.1, 0.15) is 17.5 Å². The maximum Gasteiger partial charge on any atom is 0.0668 e. The number of ether oxygens (including phenoxy) is 1. The highest BCUT2D eigenvalue weighted by Crippen LogP contribution is 2.24. The first-order chi connectivity index (χ1) is 7.93. The van der Waals surface area contributed by atoms with Gasteiger partial charge in [-0.25, -0.2) is 0 Å². The molecule has 1 aromatic carbocycles. The van der Waals surface area contributed by atoms with Crippen LogP contribution in [0.2, 0.25) is 0 Å². The lowest BCUT2D eigenvalue weighted by atomic mass is 9.99. The molecule has 2 N–H and O–H groups in total. The Hall–Kier alpha value is -1.06. The minimum absolute atomic E-state index is 0.494. The second-order valence-corrected chi connectivity index (χ2v) is 4.57. The van der Waals surface area contributed by atoms with Gasteiger partial charge in [0.15, 0.2) is 0 Å². The molecule has 0 bridgehead atoms. The molecule has 0 aromatic heterocycles. The predicted octanol–water partition coefficient (Wildman–Crippen LogP) is 1.53. The summed E-state index contributed by atoms with van der Waals surface area (Å²) in [4.78, 5) is 0. The van der Waals surface area contributed by atoms with E-state index >= 15 is 0 Å². The van der Waals surface area contributed by atoms with Crippen LogP contribution >= 0.6 is 0 Å². The highest BCUT2D eigenvalue weighted by atomic mass is 16.5. The normalized spacial score (nSPS) is 24.1. The summed E-state index contributed by atoms with van der Waals surface area (Å²) in [7, 11) is 0. The van der Waals surface area contributed by atoms with E-state index in [0.717, 1.165) is 39.1 Å². The minimum atomic E-state index is 0.494. The van der Waals surface area contributed by atoms with Crippen molar-refractivity contribution in [1.82, 2.24) is 5.32 Å². The summed E-state index contributed by atoms with van der Waals surface area (Å²) in [5.74, 6) is 0. The van der Waals surface area contributed by atoms with Gasteiger partial charge in [-0.2, -0.15) is 0 Å². The monoisotopic (exact) mass is 218 g/mol. The lowest BCUT2D eigenvalue weighted by Gasteiger charge is -2.22. The Bertz CT molecular complexity index is 372. The number of rotatable bonds is 2. The van der Waals surface area contributed by atoms with E-state index in [9.17, 15) is 0 Å². The molecule has 0 radical (unpaired) electrons. The molecule has 1 saturated heterocycles. The summed E-state index contributed by atoms with van der Waals surface area (Å²) in [6, 6.07) is 7.08. The zero-order valence-electron chi connectivity index (χ0n) is 9.46. The van der Waals surface area contributed by atoms with Gasteiger partial charge in [-0.3, -0.25) is 0 Å². The van der Waals surface area contributed by atoms with Gasteiger partial charge >= 0.3 is 0 Å². The van der Waals surface area contributed by atoms with Gasteiger partial charge in [0.05, 0.1) is 12.6 Å². The van der Waals surface area contributed by atoms with Crippen LogP contribution < -0.4 is 10.6 Å². The van der Waals surface area contributed by atoms with Gasteiger partial charge in [0.25, 0.3) is 0 Å². The molecule has 0 unspecified atom stereocenters. The van der Waals surface area contributed by atoms with Crippen molar-refractivity contribution in [3.63, 3.8) is 0 Å². The zero-order chi connectivity index (χ0) is 10.8. The molecule has 3 heteroatoms.